The average molecular weight is 232 g/mol. The molecule has 0 aliphatic carbocycles. The molecule has 0 rings (SSSR count). The minimum atomic E-state index is 0. The molecule has 0 aromatic carbocycles. The van der Waals surface area contributed by atoms with Gasteiger partial charge in [0.1, 0.15) is 0 Å². The fraction of sp³-hybridized carbons (Fsp3) is 0. The molecule has 0 aromatic heterocycles. The third-order valence-electron chi connectivity index (χ3n) is 0. The van der Waals surface area contributed by atoms with Crippen molar-refractivity contribution in [2.24, 2.45) is 0 Å². The Morgan fingerprint density at radius 3 is 0.600 bits per heavy atom. The number of hydrogen-bond acceptors (Lipinski definition) is 0. The predicted octanol–water partition coefficient (Wildman–Crippen LogP) is -3.82. The van der Waals surface area contributed by atoms with Gasteiger partial charge in [-0.3, -0.25) is 0 Å². The van der Waals surface area contributed by atoms with Crippen molar-refractivity contribution in [3.63, 3.8) is 0 Å². The van der Waals surface area contributed by atoms with Crippen molar-refractivity contribution in [1.82, 2.24) is 0 Å². The molecule has 0 bridgehead atoms. The molecule has 5 heteroatoms. The first-order valence-corrected chi connectivity index (χ1v) is 0. The summed E-state index contributed by atoms with van der Waals surface area (Å²) in [5, 5.41) is 0. The van der Waals surface area contributed by atoms with Crippen LogP contribution < -0.4 is 0 Å². The minimum absolute atomic E-state index is 0. The van der Waals surface area contributed by atoms with Crippen LogP contribution in [0.1, 0.15) is 0 Å². The van der Waals surface area contributed by atoms with Gasteiger partial charge < -0.3 is 0 Å². The van der Waals surface area contributed by atoms with Gasteiger partial charge in [-0.2, -0.15) is 0 Å². The van der Waals surface area contributed by atoms with E-state index in [1.807, 2.05) is 0 Å². The molecule has 0 saturated heterocycles. The molecule has 0 spiro atoms. The quantitative estimate of drug-likeness (QED) is 0.376. The Hall–Kier alpha value is 3.04. The summed E-state index contributed by atoms with van der Waals surface area (Å²) in [7, 11) is 0. The van der Waals surface area contributed by atoms with Crippen LogP contribution in [-0.2, 0) is 43.4 Å². The Labute approximate surface area is 94.2 Å². The van der Waals surface area contributed by atoms with Crippen LogP contribution in [0.3, 0.4) is 0 Å². The molecule has 5 heavy (non-hydrogen) atoms. The van der Waals surface area contributed by atoms with Gasteiger partial charge >= 0.3 is 17.6 Å². The maximum Gasteiger partial charge on any atom is 0 e. The third-order valence-corrected chi connectivity index (χ3v) is 0. The van der Waals surface area contributed by atoms with E-state index in [0.29, 0.717) is 0 Å². The van der Waals surface area contributed by atoms with Crippen LogP contribution in [-0.4, -0.2) is 52.3 Å². The van der Waals surface area contributed by atoms with Crippen molar-refractivity contribution in [3.05, 3.63) is 0 Å². The molecule has 0 radical (unpaired) electrons. The molecule has 0 nitrogen and oxygen atoms in total. The molecule has 0 amide bonds. The van der Waals surface area contributed by atoms with Gasteiger partial charge in [0.15, 0.2) is 34.7 Å². The maximum atomic E-state index is 0. The van der Waals surface area contributed by atoms with Gasteiger partial charge in [-0.1, -0.05) is 0 Å². The van der Waals surface area contributed by atoms with Gasteiger partial charge in [0.05, 0.1) is 0 Å². The van der Waals surface area contributed by atoms with E-state index in [4.69, 9.17) is 0 Å². The van der Waals surface area contributed by atoms with Crippen molar-refractivity contribution in [2.45, 2.75) is 0 Å². The second-order valence-corrected chi connectivity index (χ2v) is 0. The molecule has 0 aliphatic heterocycles. The van der Waals surface area contributed by atoms with Crippen LogP contribution in [0.15, 0.2) is 0 Å². The monoisotopic (exact) mass is 234 g/mol. The van der Waals surface area contributed by atoms with E-state index in [1.54, 1.807) is 0 Å². The number of hydrogen-bond donors (Lipinski definition) is 0. The summed E-state index contributed by atoms with van der Waals surface area (Å²) >= 11 is 0. The van der Waals surface area contributed by atoms with Crippen molar-refractivity contribution in [1.29, 1.82) is 0 Å². The van der Waals surface area contributed by atoms with Gasteiger partial charge in [-0.05, 0) is 0 Å². The normalized spacial score (nSPS) is 0. The third kappa shape index (κ3) is 19.4. The molecule has 28 valence electrons. The smallest absolute Gasteiger partial charge is 0 e. The van der Waals surface area contributed by atoms with Crippen molar-refractivity contribution in [3.8, 4) is 0 Å². The Morgan fingerprint density at radius 1 is 0.600 bits per heavy atom. The van der Waals surface area contributed by atoms with Gasteiger partial charge in [0.25, 0.3) is 0 Å². The van der Waals surface area contributed by atoms with E-state index in [2.05, 4.69) is 0 Å². The zero-order valence-corrected chi connectivity index (χ0v) is 4.12. The zero-order valence-electron chi connectivity index (χ0n) is 1.00. The van der Waals surface area contributed by atoms with Crippen LogP contribution in [0.5, 0.6) is 0 Å². The first-order chi connectivity index (χ1) is 0. The van der Waals surface area contributed by atoms with Crippen molar-refractivity contribution < 1.29 is 43.4 Å². The Balaban J connectivity index is 0. The molecule has 0 aromatic rings. The summed E-state index contributed by atoms with van der Waals surface area (Å²) in [6, 6.07) is 0. The topological polar surface area (TPSA) is 0 Å². The van der Waals surface area contributed by atoms with E-state index in [0.717, 1.165) is 0 Å². The molecule has 0 N–H and O–H groups in total. The predicted molar refractivity (Wildman–Crippen MR) is 31.2 cm³/mol. The van der Waals surface area contributed by atoms with Crippen LogP contribution >= 0.6 is 0 Å². The van der Waals surface area contributed by atoms with Gasteiger partial charge in [-0.15, -0.1) is 0 Å². The van der Waals surface area contributed by atoms with Crippen molar-refractivity contribution in [2.75, 3.05) is 0 Å². The fourth-order valence-corrected chi connectivity index (χ4v) is 0. The maximum absolute atomic E-state index is 0. The first kappa shape index (κ1) is 43.2. The van der Waals surface area contributed by atoms with Gasteiger partial charge in [0.2, 0.25) is 0 Å². The summed E-state index contributed by atoms with van der Waals surface area (Å²) in [5.74, 6) is 0. The molecule has 0 heterocycles. The molecule has 0 saturated carbocycles. The van der Waals surface area contributed by atoms with E-state index in [1.165, 1.54) is 0 Å². The molecule has 0 atom stereocenters. The second-order valence-electron chi connectivity index (χ2n) is 0. The van der Waals surface area contributed by atoms with Gasteiger partial charge in [0, 0.05) is 43.4 Å². The van der Waals surface area contributed by atoms with E-state index in [-0.39, 0.29) is 95.8 Å². The summed E-state index contributed by atoms with van der Waals surface area (Å²) < 4.78 is 0. The summed E-state index contributed by atoms with van der Waals surface area (Å²) in [6.45, 7) is 0. The minimum Gasteiger partial charge on any atom is 0 e. The fourth-order valence-electron chi connectivity index (χ4n) is 0. The molecular weight excluding hydrogens is 222 g/mol. The number of rotatable bonds is 0. The average Bonchev–Trinajstić information content (AvgIpc) is 0. The zero-order chi connectivity index (χ0) is 0. The van der Waals surface area contributed by atoms with Crippen LogP contribution in [0.4, 0.5) is 0 Å². The summed E-state index contributed by atoms with van der Waals surface area (Å²) in [5.41, 5.74) is 0. The Bertz CT molecular complexity index is 7.61. The van der Waals surface area contributed by atoms with Crippen LogP contribution in [0.25, 0.3) is 0 Å². The molecule has 0 aliphatic rings. The Morgan fingerprint density at radius 2 is 0.600 bits per heavy atom. The molecule has 0 unspecified atom stereocenters. The van der Waals surface area contributed by atoms with Crippen LogP contribution in [0, 0.1) is 0 Å². The molecule has 0 fully saturated rings. The Kier molecular flexibility index (Phi) is 240. The SMILES string of the molecule is [AlH3].[AlH3].[GeH4].[Ti].[Ti]. The molecular formula is H10Al2GeTi2. The van der Waals surface area contributed by atoms with Crippen molar-refractivity contribution >= 4 is 52.3 Å². The largest absolute Gasteiger partial charge is 0 e. The van der Waals surface area contributed by atoms with E-state index >= 15 is 0 Å². The van der Waals surface area contributed by atoms with E-state index in [9.17, 15) is 0 Å². The first-order valence-electron chi connectivity index (χ1n) is 0. The summed E-state index contributed by atoms with van der Waals surface area (Å²) in [6.07, 6.45) is 0. The standard InChI is InChI=1S/2Al.GeH4.2Ti.6H/h;;1H4;;;;;;;;. The second kappa shape index (κ2) is 27.8. The van der Waals surface area contributed by atoms with Crippen LogP contribution in [0.2, 0.25) is 0 Å². The summed E-state index contributed by atoms with van der Waals surface area (Å²) in [4.78, 5) is 0. The van der Waals surface area contributed by atoms with E-state index < -0.39 is 0 Å². The van der Waals surface area contributed by atoms with Gasteiger partial charge in [-0.25, -0.2) is 0 Å².